The Balaban J connectivity index is 1.84. The third kappa shape index (κ3) is 3.09. The van der Waals surface area contributed by atoms with Gasteiger partial charge in [-0.15, -0.1) is 0 Å². The van der Waals surface area contributed by atoms with Crippen molar-refractivity contribution < 1.29 is 0 Å². The van der Waals surface area contributed by atoms with Crippen molar-refractivity contribution >= 4 is 0 Å². The Morgan fingerprint density at radius 2 is 1.93 bits per heavy atom. The normalized spacial score (nSPS) is 28.9. The number of hydrogen-bond donors (Lipinski definition) is 0. The minimum Gasteiger partial charge on any atom is -0.0850 e. The quantitative estimate of drug-likeness (QED) is 0.564. The Morgan fingerprint density at radius 3 is 2.67 bits per heavy atom. The van der Waals surface area contributed by atoms with Gasteiger partial charge in [0.1, 0.15) is 0 Å². The van der Waals surface area contributed by atoms with Gasteiger partial charge in [0, 0.05) is 0 Å². The molecule has 1 unspecified atom stereocenters. The first-order chi connectivity index (χ1) is 7.40. The zero-order valence-corrected chi connectivity index (χ0v) is 10.3. The lowest BCUT2D eigenvalue weighted by Gasteiger charge is -2.15. The summed E-state index contributed by atoms with van der Waals surface area (Å²) < 4.78 is 0. The Morgan fingerprint density at radius 1 is 1.13 bits per heavy atom. The molecule has 0 aromatic rings. The summed E-state index contributed by atoms with van der Waals surface area (Å²) in [5, 5.41) is 0. The van der Waals surface area contributed by atoms with E-state index in [0.717, 1.165) is 11.8 Å². The van der Waals surface area contributed by atoms with Crippen LogP contribution in [-0.4, -0.2) is 0 Å². The van der Waals surface area contributed by atoms with E-state index in [2.05, 4.69) is 13.0 Å². The number of allylic oxidation sites excluding steroid dienone is 2. The molecule has 2 aliphatic rings. The molecule has 0 aliphatic heterocycles. The van der Waals surface area contributed by atoms with Gasteiger partial charge in [-0.1, -0.05) is 44.3 Å². The molecule has 86 valence electrons. The topological polar surface area (TPSA) is 0 Å². The first-order valence-electron chi connectivity index (χ1n) is 7.09. The van der Waals surface area contributed by atoms with E-state index in [0.29, 0.717) is 0 Å². The molecular formula is C15H26. The summed E-state index contributed by atoms with van der Waals surface area (Å²) in [5.74, 6) is 2.02. The van der Waals surface area contributed by atoms with E-state index in [9.17, 15) is 0 Å². The summed E-state index contributed by atoms with van der Waals surface area (Å²) in [6.45, 7) is 2.33. The van der Waals surface area contributed by atoms with Crippen molar-refractivity contribution in [3.63, 3.8) is 0 Å². The molecule has 0 spiro atoms. The minimum absolute atomic E-state index is 0.991. The van der Waals surface area contributed by atoms with E-state index >= 15 is 0 Å². The van der Waals surface area contributed by atoms with Crippen molar-refractivity contribution in [1.82, 2.24) is 0 Å². The van der Waals surface area contributed by atoms with Crippen LogP contribution >= 0.6 is 0 Å². The number of rotatable bonds is 3. The highest BCUT2D eigenvalue weighted by molar-refractivity contribution is 5.10. The molecule has 0 aromatic carbocycles. The van der Waals surface area contributed by atoms with Crippen molar-refractivity contribution in [2.45, 2.75) is 71.1 Å². The molecule has 1 fully saturated rings. The average molecular weight is 206 g/mol. The molecule has 1 atom stereocenters. The SMILES string of the molecule is CCCC1CCC=C(C2CCCC2)CC1. The van der Waals surface area contributed by atoms with Crippen LogP contribution in [0.3, 0.4) is 0 Å². The van der Waals surface area contributed by atoms with Gasteiger partial charge in [0.15, 0.2) is 0 Å². The first kappa shape index (κ1) is 11.2. The van der Waals surface area contributed by atoms with Crippen LogP contribution in [0.2, 0.25) is 0 Å². The maximum absolute atomic E-state index is 2.60. The maximum atomic E-state index is 2.60. The third-order valence-electron chi connectivity index (χ3n) is 4.40. The van der Waals surface area contributed by atoms with E-state index in [1.165, 1.54) is 64.2 Å². The van der Waals surface area contributed by atoms with Gasteiger partial charge in [0.2, 0.25) is 0 Å². The Bertz CT molecular complexity index is 208. The highest BCUT2D eigenvalue weighted by Gasteiger charge is 2.21. The van der Waals surface area contributed by atoms with E-state index in [1.807, 2.05) is 5.57 Å². The number of hydrogen-bond acceptors (Lipinski definition) is 0. The molecule has 0 heteroatoms. The van der Waals surface area contributed by atoms with Gasteiger partial charge in [0.25, 0.3) is 0 Å². The highest BCUT2D eigenvalue weighted by atomic mass is 14.3. The third-order valence-corrected chi connectivity index (χ3v) is 4.40. The van der Waals surface area contributed by atoms with Crippen LogP contribution in [0.25, 0.3) is 0 Å². The molecule has 0 aromatic heterocycles. The fourth-order valence-corrected chi connectivity index (χ4v) is 3.49. The van der Waals surface area contributed by atoms with Crippen LogP contribution in [0.4, 0.5) is 0 Å². The van der Waals surface area contributed by atoms with Crippen LogP contribution in [0.1, 0.15) is 71.1 Å². The molecule has 15 heavy (non-hydrogen) atoms. The van der Waals surface area contributed by atoms with Crippen LogP contribution in [0, 0.1) is 11.8 Å². The van der Waals surface area contributed by atoms with Crippen LogP contribution in [0.5, 0.6) is 0 Å². The summed E-state index contributed by atoms with van der Waals surface area (Å²) in [5.41, 5.74) is 1.84. The van der Waals surface area contributed by atoms with Crippen LogP contribution in [-0.2, 0) is 0 Å². The molecule has 2 rings (SSSR count). The summed E-state index contributed by atoms with van der Waals surface area (Å²) in [4.78, 5) is 0. The molecule has 0 bridgehead atoms. The molecule has 0 radical (unpaired) electrons. The fourth-order valence-electron chi connectivity index (χ4n) is 3.49. The van der Waals surface area contributed by atoms with E-state index in [1.54, 1.807) is 0 Å². The van der Waals surface area contributed by atoms with E-state index in [-0.39, 0.29) is 0 Å². The maximum Gasteiger partial charge on any atom is -0.0203 e. The zero-order valence-electron chi connectivity index (χ0n) is 10.3. The average Bonchev–Trinajstić information content (AvgIpc) is 2.67. The molecule has 2 aliphatic carbocycles. The van der Waals surface area contributed by atoms with Gasteiger partial charge in [-0.05, 0) is 50.4 Å². The predicted molar refractivity (Wildman–Crippen MR) is 66.9 cm³/mol. The lowest BCUT2D eigenvalue weighted by molar-refractivity contribution is 0.422. The molecule has 0 heterocycles. The Hall–Kier alpha value is -0.260. The van der Waals surface area contributed by atoms with Crippen molar-refractivity contribution in [2.75, 3.05) is 0 Å². The summed E-state index contributed by atoms with van der Waals surface area (Å²) in [7, 11) is 0. The van der Waals surface area contributed by atoms with Gasteiger partial charge in [-0.25, -0.2) is 0 Å². The van der Waals surface area contributed by atoms with E-state index < -0.39 is 0 Å². The van der Waals surface area contributed by atoms with Crippen molar-refractivity contribution in [3.8, 4) is 0 Å². The van der Waals surface area contributed by atoms with E-state index in [4.69, 9.17) is 0 Å². The van der Waals surface area contributed by atoms with Crippen molar-refractivity contribution in [3.05, 3.63) is 11.6 Å². The fraction of sp³-hybridized carbons (Fsp3) is 0.867. The summed E-state index contributed by atoms with van der Waals surface area (Å²) in [6.07, 6.45) is 17.1. The molecule has 0 saturated heterocycles. The largest absolute Gasteiger partial charge is 0.0850 e. The van der Waals surface area contributed by atoms with Crippen molar-refractivity contribution in [1.29, 1.82) is 0 Å². The molecule has 0 N–H and O–H groups in total. The predicted octanol–water partition coefficient (Wildman–Crippen LogP) is 5.09. The second kappa shape index (κ2) is 5.72. The van der Waals surface area contributed by atoms with Crippen LogP contribution < -0.4 is 0 Å². The Kier molecular flexibility index (Phi) is 4.29. The summed E-state index contributed by atoms with van der Waals surface area (Å²) in [6, 6.07) is 0. The second-order valence-corrected chi connectivity index (χ2v) is 5.53. The van der Waals surface area contributed by atoms with Crippen LogP contribution in [0.15, 0.2) is 11.6 Å². The van der Waals surface area contributed by atoms with Gasteiger partial charge in [0.05, 0.1) is 0 Å². The van der Waals surface area contributed by atoms with Gasteiger partial charge < -0.3 is 0 Å². The molecule has 1 saturated carbocycles. The lowest BCUT2D eigenvalue weighted by atomic mass is 9.90. The van der Waals surface area contributed by atoms with Gasteiger partial charge >= 0.3 is 0 Å². The van der Waals surface area contributed by atoms with Gasteiger partial charge in [-0.2, -0.15) is 0 Å². The molecule has 0 amide bonds. The summed E-state index contributed by atoms with van der Waals surface area (Å²) >= 11 is 0. The van der Waals surface area contributed by atoms with Crippen molar-refractivity contribution in [2.24, 2.45) is 11.8 Å². The monoisotopic (exact) mass is 206 g/mol. The smallest absolute Gasteiger partial charge is 0.0203 e. The minimum atomic E-state index is 0.991. The molecule has 0 nitrogen and oxygen atoms in total. The zero-order chi connectivity index (χ0) is 10.5. The second-order valence-electron chi connectivity index (χ2n) is 5.53. The first-order valence-corrected chi connectivity index (χ1v) is 7.09. The Labute approximate surface area is 95.1 Å². The lowest BCUT2D eigenvalue weighted by Crippen LogP contribution is -2.01. The van der Waals surface area contributed by atoms with Gasteiger partial charge in [-0.3, -0.25) is 0 Å². The standard InChI is InChI=1S/C15H26/c1-2-6-13-7-5-10-15(12-11-13)14-8-3-4-9-14/h10,13-14H,2-9,11-12H2,1H3. The highest BCUT2D eigenvalue weighted by Crippen LogP contribution is 2.37. The molecular weight excluding hydrogens is 180 g/mol.